The summed E-state index contributed by atoms with van der Waals surface area (Å²) in [5.74, 6) is -2.30. The highest BCUT2D eigenvalue weighted by Gasteiger charge is 2.59. The number of hydrogen-bond donors (Lipinski definition) is 2. The number of nitrogens with one attached hydrogen (secondary N) is 2. The third-order valence-corrected chi connectivity index (χ3v) is 8.89. The molecule has 1 aliphatic rings. The Balaban J connectivity index is 1.71. The van der Waals surface area contributed by atoms with Crippen LogP contribution in [0.2, 0.25) is 15.1 Å². The van der Waals surface area contributed by atoms with Gasteiger partial charge in [-0.15, -0.1) is 0 Å². The summed E-state index contributed by atoms with van der Waals surface area (Å²) in [6.45, 7) is 11.0. The smallest absolute Gasteiger partial charge is 0.328 e. The van der Waals surface area contributed by atoms with Crippen molar-refractivity contribution in [3.63, 3.8) is 0 Å². The average molecular weight is 640 g/mol. The van der Waals surface area contributed by atoms with Gasteiger partial charge in [0.05, 0.1) is 28.1 Å². The third kappa shape index (κ3) is 7.39. The summed E-state index contributed by atoms with van der Waals surface area (Å²) < 4.78 is 10.7. The van der Waals surface area contributed by atoms with Crippen molar-refractivity contribution in [2.24, 2.45) is 16.7 Å². The highest BCUT2D eigenvalue weighted by Crippen LogP contribution is 2.57. The van der Waals surface area contributed by atoms with Crippen molar-refractivity contribution < 1.29 is 28.7 Å². The van der Waals surface area contributed by atoms with Crippen LogP contribution in [0.4, 0.5) is 5.69 Å². The van der Waals surface area contributed by atoms with Gasteiger partial charge in [-0.2, -0.15) is 0 Å². The van der Waals surface area contributed by atoms with Gasteiger partial charge in [0.15, 0.2) is 0 Å². The fourth-order valence-corrected chi connectivity index (χ4v) is 6.22. The molecule has 0 aliphatic heterocycles. The molecular weight excluding hydrogens is 603 g/mol. The first-order valence-electron chi connectivity index (χ1n) is 13.6. The molecule has 0 spiro atoms. The number of ether oxygens (including phenoxy) is 2. The van der Waals surface area contributed by atoms with Crippen LogP contribution in [0.25, 0.3) is 0 Å². The molecule has 0 unspecified atom stereocenters. The number of carbonyl (C=O) groups excluding carboxylic acids is 4. The van der Waals surface area contributed by atoms with E-state index < -0.39 is 40.3 Å². The van der Waals surface area contributed by atoms with Gasteiger partial charge in [-0.1, -0.05) is 60.8 Å². The van der Waals surface area contributed by atoms with Crippen molar-refractivity contribution in [1.82, 2.24) is 5.32 Å². The molecule has 42 heavy (non-hydrogen) atoms. The Labute approximate surface area is 261 Å². The Morgan fingerprint density at radius 3 is 2.10 bits per heavy atom. The van der Waals surface area contributed by atoms with E-state index in [0.717, 1.165) is 5.56 Å². The number of rotatable bonds is 8. The summed E-state index contributed by atoms with van der Waals surface area (Å²) in [4.78, 5) is 52.1. The largest absolute Gasteiger partial charge is 0.467 e. The second-order valence-electron chi connectivity index (χ2n) is 12.3. The normalized spacial score (nSPS) is 20.4. The van der Waals surface area contributed by atoms with E-state index >= 15 is 0 Å². The molecule has 1 fully saturated rings. The van der Waals surface area contributed by atoms with Gasteiger partial charge in [0.2, 0.25) is 5.91 Å². The summed E-state index contributed by atoms with van der Waals surface area (Å²) in [6.07, 6.45) is 1.10. The van der Waals surface area contributed by atoms with Crippen molar-refractivity contribution >= 4 is 64.2 Å². The van der Waals surface area contributed by atoms with E-state index in [9.17, 15) is 19.2 Å². The number of carbonyl (C=O) groups is 4. The predicted molar refractivity (Wildman–Crippen MR) is 164 cm³/mol. The van der Waals surface area contributed by atoms with Gasteiger partial charge in [0, 0.05) is 23.0 Å². The molecule has 2 amide bonds. The van der Waals surface area contributed by atoms with Gasteiger partial charge in [0.1, 0.15) is 11.6 Å². The molecule has 8 nitrogen and oxygen atoms in total. The zero-order valence-electron chi connectivity index (χ0n) is 24.8. The number of esters is 2. The predicted octanol–water partition coefficient (Wildman–Crippen LogP) is 6.88. The van der Waals surface area contributed by atoms with Crippen LogP contribution in [0, 0.1) is 16.7 Å². The lowest BCUT2D eigenvalue weighted by atomic mass is 9.65. The topological polar surface area (TPSA) is 111 Å². The van der Waals surface area contributed by atoms with Crippen molar-refractivity contribution in [1.29, 1.82) is 0 Å². The molecule has 0 saturated heterocycles. The molecule has 228 valence electrons. The van der Waals surface area contributed by atoms with Crippen LogP contribution in [0.3, 0.4) is 0 Å². The van der Waals surface area contributed by atoms with E-state index in [4.69, 9.17) is 44.3 Å². The van der Waals surface area contributed by atoms with E-state index in [1.54, 1.807) is 24.3 Å². The van der Waals surface area contributed by atoms with Gasteiger partial charge in [-0.05, 0) is 75.8 Å². The molecule has 0 bridgehead atoms. The van der Waals surface area contributed by atoms with Crippen LogP contribution in [0.15, 0.2) is 36.4 Å². The molecule has 3 atom stereocenters. The maximum Gasteiger partial charge on any atom is 0.328 e. The van der Waals surface area contributed by atoms with E-state index in [0.29, 0.717) is 23.6 Å². The second kappa shape index (κ2) is 12.8. The summed E-state index contributed by atoms with van der Waals surface area (Å²) in [5, 5.41) is 6.13. The number of methoxy groups -OCH3 is 1. The minimum Gasteiger partial charge on any atom is -0.467 e. The molecule has 2 aromatic rings. The summed E-state index contributed by atoms with van der Waals surface area (Å²) in [5.41, 5.74) is -0.965. The standard InChI is InChI=1S/C31H37Cl3N2O6/c1-29(2,3)42-28(40)31(6)13-12-20(30(31,4)5)25(37)36-23(27(39)41-7)14-17-8-10-19(11-9-17)35-26(38)24-21(33)15-18(32)16-22(24)34/h8-11,15-16,20,23H,12-14H2,1-7H3,(H,35,38)(H,36,37)/t20-,23-,31+/m1/s1. The van der Waals surface area contributed by atoms with Crippen molar-refractivity contribution in [3.05, 3.63) is 62.6 Å². The molecule has 2 N–H and O–H groups in total. The van der Waals surface area contributed by atoms with Gasteiger partial charge in [-0.3, -0.25) is 14.4 Å². The minimum absolute atomic E-state index is 0.0953. The van der Waals surface area contributed by atoms with Crippen molar-refractivity contribution in [2.75, 3.05) is 12.4 Å². The van der Waals surface area contributed by atoms with E-state index in [1.807, 2.05) is 41.5 Å². The highest BCUT2D eigenvalue weighted by molar-refractivity contribution is 6.42. The molecular formula is C31H37Cl3N2O6. The first-order valence-corrected chi connectivity index (χ1v) is 14.7. The minimum atomic E-state index is -0.959. The lowest BCUT2D eigenvalue weighted by molar-refractivity contribution is -0.173. The molecule has 0 radical (unpaired) electrons. The Bertz CT molecular complexity index is 1350. The second-order valence-corrected chi connectivity index (χ2v) is 13.6. The maximum absolute atomic E-state index is 13.5. The fraction of sp³-hybridized carbons (Fsp3) is 0.484. The highest BCUT2D eigenvalue weighted by atomic mass is 35.5. The van der Waals surface area contributed by atoms with Crippen LogP contribution in [0.1, 0.15) is 70.3 Å². The third-order valence-electron chi connectivity index (χ3n) is 8.08. The van der Waals surface area contributed by atoms with Crippen LogP contribution < -0.4 is 10.6 Å². The monoisotopic (exact) mass is 638 g/mol. The lowest BCUT2D eigenvalue weighted by Gasteiger charge is -2.40. The molecule has 0 heterocycles. The quantitative estimate of drug-likeness (QED) is 0.305. The van der Waals surface area contributed by atoms with E-state index in [-0.39, 0.29) is 33.9 Å². The molecule has 1 saturated carbocycles. The number of hydrogen-bond acceptors (Lipinski definition) is 6. The zero-order valence-corrected chi connectivity index (χ0v) is 27.1. The fourth-order valence-electron chi connectivity index (χ4n) is 5.24. The van der Waals surface area contributed by atoms with Crippen LogP contribution >= 0.6 is 34.8 Å². The Morgan fingerprint density at radius 1 is 1.00 bits per heavy atom. The average Bonchev–Trinajstić information content (AvgIpc) is 3.12. The van der Waals surface area contributed by atoms with E-state index in [2.05, 4.69) is 10.6 Å². The molecule has 3 rings (SSSR count). The van der Waals surface area contributed by atoms with Crippen molar-refractivity contribution in [3.8, 4) is 0 Å². The maximum atomic E-state index is 13.5. The van der Waals surface area contributed by atoms with Crippen LogP contribution in [0.5, 0.6) is 0 Å². The first-order chi connectivity index (χ1) is 19.4. The number of anilines is 1. The molecule has 0 aromatic heterocycles. The van der Waals surface area contributed by atoms with E-state index in [1.165, 1.54) is 19.2 Å². The molecule has 1 aliphatic carbocycles. The summed E-state index contributed by atoms with van der Waals surface area (Å²) in [7, 11) is 1.26. The van der Waals surface area contributed by atoms with Crippen LogP contribution in [-0.2, 0) is 30.3 Å². The number of halogens is 3. The summed E-state index contributed by atoms with van der Waals surface area (Å²) >= 11 is 18.2. The first kappa shape index (κ1) is 33.7. The zero-order chi connectivity index (χ0) is 31.6. The Hall–Kier alpha value is -2.81. The Morgan fingerprint density at radius 2 is 1.57 bits per heavy atom. The number of benzene rings is 2. The number of amides is 2. The van der Waals surface area contributed by atoms with Crippen molar-refractivity contribution in [2.45, 2.75) is 72.4 Å². The Kier molecular flexibility index (Phi) is 10.3. The molecule has 11 heteroatoms. The van der Waals surface area contributed by atoms with Gasteiger partial charge in [0.25, 0.3) is 5.91 Å². The van der Waals surface area contributed by atoms with Gasteiger partial charge < -0.3 is 20.1 Å². The summed E-state index contributed by atoms with van der Waals surface area (Å²) in [6, 6.07) is 8.67. The SMILES string of the molecule is COC(=O)[C@@H](Cc1ccc(NC(=O)c2c(Cl)cc(Cl)cc2Cl)cc1)NC(=O)[C@H]1CC[C@@](C)(C(=O)OC(C)(C)C)C1(C)C. The molecule has 2 aromatic carbocycles. The lowest BCUT2D eigenvalue weighted by Crippen LogP contribution is -2.51. The van der Waals surface area contributed by atoms with Crippen LogP contribution in [-0.4, -0.2) is 42.5 Å². The van der Waals surface area contributed by atoms with Gasteiger partial charge in [-0.25, -0.2) is 4.79 Å². The van der Waals surface area contributed by atoms with Gasteiger partial charge >= 0.3 is 11.9 Å².